The molecule has 2 aliphatic heterocycles. The van der Waals surface area contributed by atoms with E-state index in [0.717, 1.165) is 79.9 Å². The van der Waals surface area contributed by atoms with E-state index in [2.05, 4.69) is 28.9 Å². The number of carbonyl (C=O) groups is 1. The van der Waals surface area contributed by atoms with Gasteiger partial charge in [0.2, 0.25) is 5.95 Å². The van der Waals surface area contributed by atoms with E-state index >= 15 is 0 Å². The maximum atomic E-state index is 13.4. The first-order chi connectivity index (χ1) is 15.5. The number of anilines is 1. The van der Waals surface area contributed by atoms with E-state index in [4.69, 9.17) is 9.97 Å². The topological polar surface area (TPSA) is 52.6 Å². The molecule has 0 radical (unpaired) electrons. The van der Waals surface area contributed by atoms with Gasteiger partial charge < -0.3 is 9.80 Å². The molecular weight excluding hydrogens is 398 g/mol. The van der Waals surface area contributed by atoms with Crippen LogP contribution < -0.4 is 4.90 Å². The molecule has 0 spiro atoms. The minimum Gasteiger partial charge on any atom is -0.338 e. The van der Waals surface area contributed by atoms with Crippen molar-refractivity contribution in [1.82, 2.24) is 19.8 Å². The summed E-state index contributed by atoms with van der Waals surface area (Å²) in [5.41, 5.74) is 6.50. The van der Waals surface area contributed by atoms with Crippen LogP contribution in [0.25, 0.3) is 0 Å². The second-order valence-electron chi connectivity index (χ2n) is 9.82. The van der Waals surface area contributed by atoms with Crippen LogP contribution in [0.15, 0.2) is 18.3 Å². The Bertz CT molecular complexity index is 984. The number of nitrogens with zero attached hydrogens (tertiary/aromatic N) is 5. The van der Waals surface area contributed by atoms with Gasteiger partial charge in [0.05, 0.1) is 5.69 Å². The van der Waals surface area contributed by atoms with Crippen LogP contribution in [-0.4, -0.2) is 71.0 Å². The summed E-state index contributed by atoms with van der Waals surface area (Å²) < 4.78 is 0. The zero-order chi connectivity index (χ0) is 22.2. The normalized spacial score (nSPS) is 20.0. The SMILES string of the molecule is Cc1cc(C)c(C(=O)N2CCc3cnc(N4CCN(C5CCC5)CC4)nc3CC2)c(C)c1. The third-order valence-corrected chi connectivity index (χ3v) is 7.58. The minimum absolute atomic E-state index is 0.146. The molecule has 1 aromatic carbocycles. The monoisotopic (exact) mass is 433 g/mol. The number of rotatable bonds is 3. The lowest BCUT2D eigenvalue weighted by Crippen LogP contribution is -2.52. The van der Waals surface area contributed by atoms with Crippen molar-refractivity contribution >= 4 is 11.9 Å². The Morgan fingerprint density at radius 2 is 1.62 bits per heavy atom. The fourth-order valence-electron chi connectivity index (χ4n) is 5.53. The lowest BCUT2D eigenvalue weighted by Gasteiger charge is -2.43. The predicted molar refractivity (Wildman–Crippen MR) is 127 cm³/mol. The number of benzene rings is 1. The Balaban J connectivity index is 1.26. The van der Waals surface area contributed by atoms with Gasteiger partial charge in [-0.3, -0.25) is 9.69 Å². The molecule has 2 aromatic rings. The minimum atomic E-state index is 0.146. The summed E-state index contributed by atoms with van der Waals surface area (Å²) in [6.45, 7) is 11.8. The molecule has 0 N–H and O–H groups in total. The number of hydrogen-bond donors (Lipinski definition) is 0. The van der Waals surface area contributed by atoms with Crippen LogP contribution in [0, 0.1) is 20.8 Å². The van der Waals surface area contributed by atoms with Gasteiger partial charge in [-0.2, -0.15) is 0 Å². The van der Waals surface area contributed by atoms with Crippen molar-refractivity contribution in [3.8, 4) is 0 Å². The molecule has 32 heavy (non-hydrogen) atoms. The Hall–Kier alpha value is -2.47. The number of amides is 1. The molecule has 5 rings (SSSR count). The van der Waals surface area contributed by atoms with Crippen molar-refractivity contribution in [2.75, 3.05) is 44.2 Å². The standard InChI is InChI=1S/C26H35N5O/c1-18-15-19(2)24(20(3)16-18)25(32)30-9-7-21-17-27-26(28-23(21)8-10-30)31-13-11-29(12-14-31)22-5-4-6-22/h15-17,22H,4-14H2,1-3H3. The second kappa shape index (κ2) is 8.81. The quantitative estimate of drug-likeness (QED) is 0.743. The molecular formula is C26H35N5O. The van der Waals surface area contributed by atoms with Crippen LogP contribution in [0.1, 0.15) is 57.6 Å². The largest absolute Gasteiger partial charge is 0.338 e. The highest BCUT2D eigenvalue weighted by atomic mass is 16.2. The summed E-state index contributed by atoms with van der Waals surface area (Å²) in [4.78, 5) is 30.0. The molecule has 6 nitrogen and oxygen atoms in total. The van der Waals surface area contributed by atoms with Gasteiger partial charge >= 0.3 is 0 Å². The van der Waals surface area contributed by atoms with Gasteiger partial charge in [-0.25, -0.2) is 9.97 Å². The molecule has 3 heterocycles. The Morgan fingerprint density at radius 3 is 2.28 bits per heavy atom. The van der Waals surface area contributed by atoms with Crippen LogP contribution in [0.2, 0.25) is 0 Å². The molecule has 1 amide bonds. The van der Waals surface area contributed by atoms with Crippen molar-refractivity contribution in [2.45, 2.75) is 58.9 Å². The highest BCUT2D eigenvalue weighted by molar-refractivity contribution is 5.97. The van der Waals surface area contributed by atoms with E-state index in [9.17, 15) is 4.79 Å². The van der Waals surface area contributed by atoms with Gasteiger partial charge in [0.25, 0.3) is 5.91 Å². The number of aromatic nitrogens is 2. The number of fused-ring (bicyclic) bond motifs is 1. The number of piperazine rings is 1. The van der Waals surface area contributed by atoms with Crippen LogP contribution >= 0.6 is 0 Å². The van der Waals surface area contributed by atoms with E-state index < -0.39 is 0 Å². The van der Waals surface area contributed by atoms with E-state index in [1.54, 1.807) is 0 Å². The maximum Gasteiger partial charge on any atom is 0.254 e. The lowest BCUT2D eigenvalue weighted by atomic mass is 9.91. The van der Waals surface area contributed by atoms with Gasteiger partial charge in [-0.15, -0.1) is 0 Å². The van der Waals surface area contributed by atoms with Crippen LogP contribution in [-0.2, 0) is 12.8 Å². The van der Waals surface area contributed by atoms with E-state index in [0.29, 0.717) is 6.54 Å². The molecule has 1 saturated carbocycles. The summed E-state index contributed by atoms with van der Waals surface area (Å²) >= 11 is 0. The van der Waals surface area contributed by atoms with E-state index in [1.807, 2.05) is 24.9 Å². The summed E-state index contributed by atoms with van der Waals surface area (Å²) in [5.74, 6) is 1.01. The summed E-state index contributed by atoms with van der Waals surface area (Å²) in [6, 6.07) is 5.03. The summed E-state index contributed by atoms with van der Waals surface area (Å²) in [7, 11) is 0. The number of carbonyl (C=O) groups excluding carboxylic acids is 1. The molecule has 170 valence electrons. The van der Waals surface area contributed by atoms with E-state index in [1.165, 1.54) is 30.4 Å². The van der Waals surface area contributed by atoms with Gasteiger partial charge in [-0.1, -0.05) is 24.1 Å². The molecule has 2 fully saturated rings. The average molecular weight is 434 g/mol. The fourth-order valence-corrected chi connectivity index (χ4v) is 5.53. The molecule has 0 bridgehead atoms. The van der Waals surface area contributed by atoms with Gasteiger partial charge in [0.1, 0.15) is 0 Å². The van der Waals surface area contributed by atoms with Gasteiger partial charge in [-0.05, 0) is 56.7 Å². The van der Waals surface area contributed by atoms with Crippen molar-refractivity contribution in [2.24, 2.45) is 0 Å². The van der Waals surface area contributed by atoms with Gasteiger partial charge in [0, 0.05) is 63.5 Å². The van der Waals surface area contributed by atoms with Crippen LogP contribution in [0.3, 0.4) is 0 Å². The Morgan fingerprint density at radius 1 is 0.938 bits per heavy atom. The highest BCUT2D eigenvalue weighted by Crippen LogP contribution is 2.27. The third-order valence-electron chi connectivity index (χ3n) is 7.58. The highest BCUT2D eigenvalue weighted by Gasteiger charge is 2.29. The second-order valence-corrected chi connectivity index (χ2v) is 9.82. The van der Waals surface area contributed by atoms with Crippen molar-refractivity contribution in [1.29, 1.82) is 0 Å². The van der Waals surface area contributed by atoms with Crippen LogP contribution in [0.5, 0.6) is 0 Å². The Kier molecular flexibility index (Phi) is 5.89. The first-order valence-electron chi connectivity index (χ1n) is 12.2. The fraction of sp³-hybridized carbons (Fsp3) is 0.577. The number of hydrogen-bond acceptors (Lipinski definition) is 5. The zero-order valence-corrected chi connectivity index (χ0v) is 19.7. The first kappa shape index (κ1) is 21.4. The van der Waals surface area contributed by atoms with Crippen LogP contribution in [0.4, 0.5) is 5.95 Å². The Labute approximate surface area is 191 Å². The third kappa shape index (κ3) is 4.13. The summed E-state index contributed by atoms with van der Waals surface area (Å²) in [6.07, 6.45) is 7.75. The lowest BCUT2D eigenvalue weighted by molar-refractivity contribution is 0.0761. The number of aryl methyl sites for hydroxylation is 3. The zero-order valence-electron chi connectivity index (χ0n) is 19.7. The molecule has 1 saturated heterocycles. The van der Waals surface area contributed by atoms with Crippen molar-refractivity contribution in [3.05, 3.63) is 51.8 Å². The molecule has 0 unspecified atom stereocenters. The average Bonchev–Trinajstić information content (AvgIpc) is 2.94. The van der Waals surface area contributed by atoms with Gasteiger partial charge in [0.15, 0.2) is 0 Å². The maximum absolute atomic E-state index is 13.4. The van der Waals surface area contributed by atoms with Crippen molar-refractivity contribution in [3.63, 3.8) is 0 Å². The molecule has 1 aliphatic carbocycles. The smallest absolute Gasteiger partial charge is 0.254 e. The van der Waals surface area contributed by atoms with Crippen molar-refractivity contribution < 1.29 is 4.79 Å². The molecule has 6 heteroatoms. The first-order valence-corrected chi connectivity index (χ1v) is 12.2. The predicted octanol–water partition coefficient (Wildman–Crippen LogP) is 3.32. The molecule has 3 aliphatic rings. The molecule has 0 atom stereocenters. The van der Waals surface area contributed by atoms with E-state index in [-0.39, 0.29) is 5.91 Å². The summed E-state index contributed by atoms with van der Waals surface area (Å²) in [5, 5.41) is 0. The molecule has 1 aromatic heterocycles.